The Kier molecular flexibility index (Phi) is 5.99. The van der Waals surface area contributed by atoms with Crippen LogP contribution in [0, 0.1) is 6.92 Å². The number of urea groups is 1. The molecular weight excluding hydrogens is 445 g/mol. The van der Waals surface area contributed by atoms with Gasteiger partial charge in [-0.3, -0.25) is 0 Å². The fourth-order valence-corrected chi connectivity index (χ4v) is 4.15. The number of hydrogen-bond donors (Lipinski definition) is 1. The Morgan fingerprint density at radius 1 is 1.09 bits per heavy atom. The molecule has 0 radical (unpaired) electrons. The van der Waals surface area contributed by atoms with E-state index in [0.29, 0.717) is 36.8 Å². The number of amides is 2. The monoisotopic (exact) mass is 474 g/mol. The largest absolute Gasteiger partial charge is 0.454 e. The second-order valence-electron chi connectivity index (χ2n) is 9.89. The van der Waals surface area contributed by atoms with Gasteiger partial charge in [0.1, 0.15) is 17.3 Å². The molecule has 1 unspecified atom stereocenters. The molecule has 1 saturated heterocycles. The zero-order chi connectivity index (χ0) is 24.8. The van der Waals surface area contributed by atoms with Crippen LogP contribution < -0.4 is 10.1 Å². The Morgan fingerprint density at radius 2 is 1.79 bits per heavy atom. The Hall–Kier alpha value is -3.23. The summed E-state index contributed by atoms with van der Waals surface area (Å²) < 4.78 is 46.1. The summed E-state index contributed by atoms with van der Waals surface area (Å²) in [6, 6.07) is 8.69. The number of piperazine rings is 1. The van der Waals surface area contributed by atoms with Crippen molar-refractivity contribution in [3.8, 4) is 11.5 Å². The maximum absolute atomic E-state index is 13.4. The van der Waals surface area contributed by atoms with E-state index < -0.39 is 11.7 Å². The highest BCUT2D eigenvalue weighted by molar-refractivity contribution is 6.04. The van der Waals surface area contributed by atoms with Crippen molar-refractivity contribution in [1.29, 1.82) is 0 Å². The molecule has 4 rings (SSSR count). The summed E-state index contributed by atoms with van der Waals surface area (Å²) in [5.74, 6) is 1.34. The van der Waals surface area contributed by atoms with Gasteiger partial charge in [-0.05, 0) is 65.0 Å². The lowest BCUT2D eigenvalue weighted by Gasteiger charge is -2.42. The van der Waals surface area contributed by atoms with Crippen LogP contribution in [0.3, 0.4) is 0 Å². The van der Waals surface area contributed by atoms with Crippen molar-refractivity contribution in [1.82, 2.24) is 15.1 Å². The van der Waals surface area contributed by atoms with Crippen LogP contribution in [-0.2, 0) is 6.18 Å². The van der Waals surface area contributed by atoms with Crippen LogP contribution in [-0.4, -0.2) is 52.9 Å². The summed E-state index contributed by atoms with van der Waals surface area (Å²) in [5.41, 5.74) is 0.682. The Balaban J connectivity index is 1.71. The average molecular weight is 475 g/mol. The van der Waals surface area contributed by atoms with Gasteiger partial charge < -0.3 is 19.9 Å². The van der Waals surface area contributed by atoms with Crippen LogP contribution in [0.25, 0.3) is 0 Å². The number of nitrogens with zero attached hydrogens (tertiary/aromatic N) is 3. The third-order valence-electron chi connectivity index (χ3n) is 5.78. The van der Waals surface area contributed by atoms with Gasteiger partial charge in [-0.15, -0.1) is 0 Å². The number of benzene rings is 2. The molecule has 0 saturated carbocycles. The second kappa shape index (κ2) is 8.52. The molecule has 2 aromatic rings. The maximum atomic E-state index is 13.4. The van der Waals surface area contributed by atoms with E-state index in [1.165, 1.54) is 6.07 Å². The number of fused-ring (bicyclic) bond motifs is 2. The first-order chi connectivity index (χ1) is 15.8. The van der Waals surface area contributed by atoms with E-state index >= 15 is 0 Å². The third kappa shape index (κ3) is 4.98. The van der Waals surface area contributed by atoms with Crippen molar-refractivity contribution in [3.05, 3.63) is 53.1 Å². The molecule has 182 valence electrons. The number of alkyl halides is 3. The van der Waals surface area contributed by atoms with Gasteiger partial charge in [-0.1, -0.05) is 11.6 Å². The minimum Gasteiger partial charge on any atom is -0.454 e. The van der Waals surface area contributed by atoms with E-state index in [4.69, 9.17) is 4.74 Å². The van der Waals surface area contributed by atoms with Crippen molar-refractivity contribution in [2.45, 2.75) is 52.4 Å². The standard InChI is InChI=1S/C25H29F3N4O2/c1-15-6-8-20-18(12-15)22(29-19-13-17(25(26,27)28)7-9-21(19)34-20)31-10-11-32(16(2)14-31)23(33)30-24(3,4)5/h6-9,12-13,16H,10-11,14H2,1-5H3,(H,30,33). The fraction of sp³-hybridized carbons (Fsp3) is 0.440. The second-order valence-corrected chi connectivity index (χ2v) is 9.89. The molecule has 2 aliphatic rings. The molecular formula is C25H29F3N4O2. The van der Waals surface area contributed by atoms with E-state index in [-0.39, 0.29) is 29.0 Å². The first-order valence-electron chi connectivity index (χ1n) is 11.2. The number of nitrogens with one attached hydrogen (secondary N) is 1. The molecule has 1 atom stereocenters. The van der Waals surface area contributed by atoms with Gasteiger partial charge in [0.05, 0.1) is 11.1 Å². The molecule has 1 N–H and O–H groups in total. The summed E-state index contributed by atoms with van der Waals surface area (Å²) in [7, 11) is 0. The van der Waals surface area contributed by atoms with Gasteiger partial charge >= 0.3 is 12.2 Å². The van der Waals surface area contributed by atoms with Crippen LogP contribution in [0.1, 0.15) is 44.4 Å². The first-order valence-corrected chi connectivity index (χ1v) is 11.2. The van der Waals surface area contributed by atoms with Crippen LogP contribution in [0.2, 0.25) is 0 Å². The molecule has 34 heavy (non-hydrogen) atoms. The molecule has 2 heterocycles. The number of carbonyl (C=O) groups excluding carboxylic acids is 1. The zero-order valence-corrected chi connectivity index (χ0v) is 20.0. The summed E-state index contributed by atoms with van der Waals surface area (Å²) in [6.07, 6.45) is -4.49. The van der Waals surface area contributed by atoms with Gasteiger partial charge in [-0.2, -0.15) is 13.2 Å². The fourth-order valence-electron chi connectivity index (χ4n) is 4.15. The molecule has 0 aliphatic carbocycles. The molecule has 2 aliphatic heterocycles. The van der Waals surface area contributed by atoms with E-state index in [9.17, 15) is 18.0 Å². The third-order valence-corrected chi connectivity index (χ3v) is 5.78. The smallest absolute Gasteiger partial charge is 0.416 e. The Bertz CT molecular complexity index is 1140. The number of ether oxygens (including phenoxy) is 1. The van der Waals surface area contributed by atoms with Crippen LogP contribution >= 0.6 is 0 Å². The Morgan fingerprint density at radius 3 is 2.44 bits per heavy atom. The lowest BCUT2D eigenvalue weighted by atomic mass is 10.1. The molecule has 0 aromatic heterocycles. The van der Waals surface area contributed by atoms with Gasteiger partial charge in [-0.25, -0.2) is 9.79 Å². The summed E-state index contributed by atoms with van der Waals surface area (Å²) >= 11 is 0. The predicted octanol–water partition coefficient (Wildman–Crippen LogP) is 5.71. The number of halogens is 3. The quantitative estimate of drug-likeness (QED) is 0.532. The summed E-state index contributed by atoms with van der Waals surface area (Å²) in [6.45, 7) is 11.1. The molecule has 2 aromatic carbocycles. The van der Waals surface area contributed by atoms with Crippen molar-refractivity contribution < 1.29 is 22.7 Å². The van der Waals surface area contributed by atoms with Gasteiger partial charge in [0.2, 0.25) is 0 Å². The topological polar surface area (TPSA) is 57.2 Å². The molecule has 9 heteroatoms. The Labute approximate surface area is 197 Å². The SMILES string of the molecule is Cc1ccc2c(c1)C(N1CCN(C(=O)NC(C)(C)C)C(C)C1)=Nc1cc(C(F)(F)F)ccc1O2. The number of aliphatic imine (C=N–C) groups is 1. The summed E-state index contributed by atoms with van der Waals surface area (Å²) in [5, 5.41) is 2.99. The number of hydrogen-bond acceptors (Lipinski definition) is 4. The van der Waals surface area contributed by atoms with Gasteiger partial charge in [0.15, 0.2) is 5.75 Å². The molecule has 0 bridgehead atoms. The predicted molar refractivity (Wildman–Crippen MR) is 125 cm³/mol. The van der Waals surface area contributed by atoms with E-state index in [1.807, 2.05) is 57.7 Å². The van der Waals surface area contributed by atoms with Crippen LogP contribution in [0.5, 0.6) is 11.5 Å². The summed E-state index contributed by atoms with van der Waals surface area (Å²) in [4.78, 5) is 21.2. The number of rotatable bonds is 0. The average Bonchev–Trinajstić information content (AvgIpc) is 2.87. The zero-order valence-electron chi connectivity index (χ0n) is 20.0. The van der Waals surface area contributed by atoms with Gasteiger partial charge in [0.25, 0.3) is 0 Å². The molecule has 6 nitrogen and oxygen atoms in total. The normalized spacial score (nSPS) is 18.4. The van der Waals surface area contributed by atoms with Crippen molar-refractivity contribution >= 4 is 17.6 Å². The molecule has 1 fully saturated rings. The maximum Gasteiger partial charge on any atom is 0.416 e. The molecule has 0 spiro atoms. The van der Waals surface area contributed by atoms with Crippen molar-refractivity contribution in [3.63, 3.8) is 0 Å². The number of amidine groups is 1. The minimum absolute atomic E-state index is 0.124. The lowest BCUT2D eigenvalue weighted by molar-refractivity contribution is -0.137. The van der Waals surface area contributed by atoms with Crippen LogP contribution in [0.4, 0.5) is 23.7 Å². The van der Waals surface area contributed by atoms with E-state index in [2.05, 4.69) is 10.3 Å². The highest BCUT2D eigenvalue weighted by Gasteiger charge is 2.34. The van der Waals surface area contributed by atoms with Gasteiger partial charge in [0, 0.05) is 31.2 Å². The first kappa shape index (κ1) is 23.9. The lowest BCUT2D eigenvalue weighted by Crippen LogP contribution is -2.59. The molecule has 2 amide bonds. The van der Waals surface area contributed by atoms with E-state index in [1.54, 1.807) is 4.90 Å². The highest BCUT2D eigenvalue weighted by Crippen LogP contribution is 2.42. The minimum atomic E-state index is -4.49. The van der Waals surface area contributed by atoms with E-state index in [0.717, 1.165) is 17.7 Å². The van der Waals surface area contributed by atoms with Crippen LogP contribution in [0.15, 0.2) is 41.4 Å². The highest BCUT2D eigenvalue weighted by atomic mass is 19.4. The van der Waals surface area contributed by atoms with Crippen molar-refractivity contribution in [2.75, 3.05) is 19.6 Å². The van der Waals surface area contributed by atoms with Crippen molar-refractivity contribution in [2.24, 2.45) is 4.99 Å². The number of carbonyl (C=O) groups is 1. The number of aryl methyl sites for hydroxylation is 1.